The molecule has 0 bridgehead atoms. The van der Waals surface area contributed by atoms with E-state index >= 15 is 0 Å². The van der Waals surface area contributed by atoms with Crippen LogP contribution in [0.4, 0.5) is 0 Å². The number of aliphatic hydroxyl groups is 1. The standard InChI is InChI=1S/C17H36.C10H23NO/c1-3-5-7-9-11-13-15-17-16-14-12-10-8-6-4-2;1-9(2)5-6-11(7-8-12)10(3)4/h3-17H2,1-2H3;9-10,12H,5-8H2,1-4H3. The molecule has 0 saturated carbocycles. The zero-order valence-electron chi connectivity index (χ0n) is 21.5. The fourth-order valence-electron chi connectivity index (χ4n) is 3.63. The van der Waals surface area contributed by atoms with Crippen molar-refractivity contribution in [3.05, 3.63) is 0 Å². The van der Waals surface area contributed by atoms with Crippen LogP contribution >= 0.6 is 0 Å². The minimum atomic E-state index is 0.274. The Labute approximate surface area is 186 Å². The summed E-state index contributed by atoms with van der Waals surface area (Å²) >= 11 is 0. The molecule has 0 aliphatic heterocycles. The van der Waals surface area contributed by atoms with Crippen LogP contribution in [0.25, 0.3) is 0 Å². The molecule has 0 heterocycles. The van der Waals surface area contributed by atoms with E-state index < -0.39 is 0 Å². The van der Waals surface area contributed by atoms with Crippen molar-refractivity contribution < 1.29 is 5.11 Å². The van der Waals surface area contributed by atoms with E-state index in [1.165, 1.54) is 103 Å². The Bertz CT molecular complexity index is 264. The number of nitrogens with zero attached hydrogens (tertiary/aromatic N) is 1. The van der Waals surface area contributed by atoms with Gasteiger partial charge in [0.05, 0.1) is 6.61 Å². The van der Waals surface area contributed by atoms with Crippen molar-refractivity contribution in [3.8, 4) is 0 Å². The molecule has 0 aromatic heterocycles. The maximum absolute atomic E-state index is 8.81. The highest BCUT2D eigenvalue weighted by molar-refractivity contribution is 4.63. The van der Waals surface area contributed by atoms with Crippen LogP contribution in [-0.2, 0) is 0 Å². The molecule has 0 aromatic carbocycles. The first-order chi connectivity index (χ1) is 14.0. The Morgan fingerprint density at radius 1 is 0.552 bits per heavy atom. The quantitative estimate of drug-likeness (QED) is 0.202. The van der Waals surface area contributed by atoms with Gasteiger partial charge in [0.1, 0.15) is 0 Å². The van der Waals surface area contributed by atoms with Gasteiger partial charge in [-0.2, -0.15) is 0 Å². The molecule has 178 valence electrons. The third-order valence-electron chi connectivity index (χ3n) is 5.82. The van der Waals surface area contributed by atoms with E-state index in [9.17, 15) is 0 Å². The first-order valence-electron chi connectivity index (χ1n) is 13.3. The average molecular weight is 414 g/mol. The van der Waals surface area contributed by atoms with Gasteiger partial charge in [-0.3, -0.25) is 4.90 Å². The van der Waals surface area contributed by atoms with Crippen LogP contribution in [0.3, 0.4) is 0 Å². The van der Waals surface area contributed by atoms with Crippen molar-refractivity contribution in [1.29, 1.82) is 0 Å². The zero-order valence-corrected chi connectivity index (χ0v) is 21.5. The van der Waals surface area contributed by atoms with Crippen molar-refractivity contribution in [1.82, 2.24) is 4.90 Å². The summed E-state index contributed by atoms with van der Waals surface area (Å²) in [4.78, 5) is 2.32. The molecule has 0 atom stereocenters. The summed E-state index contributed by atoms with van der Waals surface area (Å²) in [5.74, 6) is 0.755. The second kappa shape index (κ2) is 26.0. The number of hydrogen-bond donors (Lipinski definition) is 1. The van der Waals surface area contributed by atoms with Crippen LogP contribution in [-0.4, -0.2) is 35.7 Å². The summed E-state index contributed by atoms with van der Waals surface area (Å²) < 4.78 is 0. The number of aliphatic hydroxyl groups excluding tert-OH is 1. The number of rotatable bonds is 20. The molecule has 0 aliphatic rings. The van der Waals surface area contributed by atoms with Crippen molar-refractivity contribution in [3.63, 3.8) is 0 Å². The lowest BCUT2D eigenvalue weighted by Crippen LogP contribution is -2.34. The van der Waals surface area contributed by atoms with Gasteiger partial charge in [0, 0.05) is 12.6 Å². The topological polar surface area (TPSA) is 23.5 Å². The van der Waals surface area contributed by atoms with Gasteiger partial charge in [0.2, 0.25) is 0 Å². The first kappa shape index (κ1) is 31.1. The van der Waals surface area contributed by atoms with E-state index in [0.29, 0.717) is 6.04 Å². The third-order valence-corrected chi connectivity index (χ3v) is 5.82. The zero-order chi connectivity index (χ0) is 22.2. The average Bonchev–Trinajstić information content (AvgIpc) is 2.69. The lowest BCUT2D eigenvalue weighted by atomic mass is 10.0. The summed E-state index contributed by atoms with van der Waals surface area (Å²) in [5.41, 5.74) is 0. The van der Waals surface area contributed by atoms with E-state index in [2.05, 4.69) is 46.4 Å². The van der Waals surface area contributed by atoms with E-state index in [-0.39, 0.29) is 6.61 Å². The second-order valence-corrected chi connectivity index (χ2v) is 9.63. The highest BCUT2D eigenvalue weighted by Gasteiger charge is 2.08. The smallest absolute Gasteiger partial charge is 0.0558 e. The monoisotopic (exact) mass is 413 g/mol. The molecule has 0 unspecified atom stereocenters. The maximum Gasteiger partial charge on any atom is 0.0558 e. The Morgan fingerprint density at radius 3 is 1.14 bits per heavy atom. The Kier molecular flexibility index (Phi) is 27.8. The lowest BCUT2D eigenvalue weighted by molar-refractivity contribution is 0.159. The van der Waals surface area contributed by atoms with Crippen LogP contribution in [0.15, 0.2) is 0 Å². The van der Waals surface area contributed by atoms with Gasteiger partial charge in [-0.15, -0.1) is 0 Å². The van der Waals surface area contributed by atoms with Crippen molar-refractivity contribution in [2.24, 2.45) is 5.92 Å². The third kappa shape index (κ3) is 27.9. The Morgan fingerprint density at radius 2 is 0.897 bits per heavy atom. The molecule has 0 fully saturated rings. The van der Waals surface area contributed by atoms with Gasteiger partial charge in [0.15, 0.2) is 0 Å². The Balaban J connectivity index is 0. The van der Waals surface area contributed by atoms with Gasteiger partial charge in [-0.25, -0.2) is 0 Å². The highest BCUT2D eigenvalue weighted by atomic mass is 16.3. The lowest BCUT2D eigenvalue weighted by Gasteiger charge is -2.26. The molecule has 0 rings (SSSR count). The predicted molar refractivity (Wildman–Crippen MR) is 134 cm³/mol. The van der Waals surface area contributed by atoms with Crippen LogP contribution < -0.4 is 0 Å². The van der Waals surface area contributed by atoms with Crippen LogP contribution in [0, 0.1) is 5.92 Å². The summed E-state index contributed by atoms with van der Waals surface area (Å²) in [6.07, 6.45) is 23.1. The fraction of sp³-hybridized carbons (Fsp3) is 1.00. The molecular weight excluding hydrogens is 354 g/mol. The summed E-state index contributed by atoms with van der Waals surface area (Å²) in [6.45, 7) is 15.6. The summed E-state index contributed by atoms with van der Waals surface area (Å²) in [5, 5.41) is 8.81. The van der Waals surface area contributed by atoms with E-state index in [1.54, 1.807) is 0 Å². The highest BCUT2D eigenvalue weighted by Crippen LogP contribution is 2.13. The van der Waals surface area contributed by atoms with Crippen LogP contribution in [0.5, 0.6) is 0 Å². The molecule has 29 heavy (non-hydrogen) atoms. The van der Waals surface area contributed by atoms with Gasteiger partial charge < -0.3 is 5.11 Å². The van der Waals surface area contributed by atoms with E-state index in [0.717, 1.165) is 19.0 Å². The van der Waals surface area contributed by atoms with Crippen molar-refractivity contribution >= 4 is 0 Å². The maximum atomic E-state index is 8.81. The molecule has 0 radical (unpaired) electrons. The van der Waals surface area contributed by atoms with Gasteiger partial charge in [-0.05, 0) is 32.7 Å². The molecule has 0 saturated heterocycles. The molecule has 1 N–H and O–H groups in total. The first-order valence-corrected chi connectivity index (χ1v) is 13.3. The normalized spacial score (nSPS) is 11.4. The predicted octanol–water partition coefficient (Wildman–Crippen LogP) is 8.61. The molecule has 0 aromatic rings. The molecule has 2 heteroatoms. The SMILES string of the molecule is CC(C)CCN(CCO)C(C)C.CCCCCCCCCCCCCCCCC. The number of unbranched alkanes of at least 4 members (excludes halogenated alkanes) is 14. The molecule has 0 amide bonds. The van der Waals surface area contributed by atoms with E-state index in [4.69, 9.17) is 5.11 Å². The molecule has 2 nitrogen and oxygen atoms in total. The van der Waals surface area contributed by atoms with Gasteiger partial charge in [0.25, 0.3) is 0 Å². The Hall–Kier alpha value is -0.0800. The number of hydrogen-bond acceptors (Lipinski definition) is 2. The van der Waals surface area contributed by atoms with Crippen molar-refractivity contribution in [2.45, 2.75) is 150 Å². The summed E-state index contributed by atoms with van der Waals surface area (Å²) in [6, 6.07) is 0.552. The minimum Gasteiger partial charge on any atom is -0.395 e. The summed E-state index contributed by atoms with van der Waals surface area (Å²) in [7, 11) is 0. The molecule has 0 spiro atoms. The van der Waals surface area contributed by atoms with Gasteiger partial charge in [-0.1, -0.05) is 124 Å². The largest absolute Gasteiger partial charge is 0.395 e. The van der Waals surface area contributed by atoms with Crippen LogP contribution in [0.1, 0.15) is 144 Å². The fourth-order valence-corrected chi connectivity index (χ4v) is 3.63. The molecule has 0 aliphatic carbocycles. The van der Waals surface area contributed by atoms with E-state index in [1.807, 2.05) is 0 Å². The van der Waals surface area contributed by atoms with Crippen LogP contribution in [0.2, 0.25) is 0 Å². The minimum absolute atomic E-state index is 0.274. The van der Waals surface area contributed by atoms with Crippen molar-refractivity contribution in [2.75, 3.05) is 19.7 Å². The second-order valence-electron chi connectivity index (χ2n) is 9.63. The van der Waals surface area contributed by atoms with Gasteiger partial charge >= 0.3 is 0 Å². The molecular formula is C27H59NO.